The molecule has 0 fully saturated rings. The molecule has 1 heterocycles. The molecule has 0 bridgehead atoms. The Morgan fingerprint density at radius 2 is 1.44 bits per heavy atom. The molecule has 0 spiro atoms. The fraction of sp³-hybridized carbons (Fsp3) is 0.833. The number of nitrogens with zero attached hydrogens (tertiary/aromatic N) is 1. The average molecular weight is 380 g/mol. The van der Waals surface area contributed by atoms with Gasteiger partial charge in [0.1, 0.15) is 6.20 Å². The zero-order valence-electron chi connectivity index (χ0n) is 18.5. The van der Waals surface area contributed by atoms with Crippen LogP contribution in [0.5, 0.6) is 0 Å². The molecule has 1 rings (SSSR count). The maximum absolute atomic E-state index is 10.2. The van der Waals surface area contributed by atoms with Crippen LogP contribution in [0.4, 0.5) is 0 Å². The SMILES string of the molecule is CCCCCCCCCCCCC/C=C/CCC1NC=C[N+]1(CC)C(C)O. The molecule has 3 nitrogen and oxygen atoms in total. The fourth-order valence-corrected chi connectivity index (χ4v) is 4.25. The molecule has 3 atom stereocenters. The summed E-state index contributed by atoms with van der Waals surface area (Å²) in [4.78, 5) is 0. The summed E-state index contributed by atoms with van der Waals surface area (Å²) in [5, 5.41) is 13.6. The minimum Gasteiger partial charge on any atom is -0.345 e. The van der Waals surface area contributed by atoms with Gasteiger partial charge in [-0.15, -0.1) is 0 Å². The first-order chi connectivity index (χ1) is 13.2. The summed E-state index contributed by atoms with van der Waals surface area (Å²) in [6.45, 7) is 7.26. The van der Waals surface area contributed by atoms with E-state index in [0.717, 1.165) is 19.4 Å². The van der Waals surface area contributed by atoms with Gasteiger partial charge in [-0.2, -0.15) is 0 Å². The molecule has 0 aromatic heterocycles. The molecule has 0 amide bonds. The van der Waals surface area contributed by atoms with E-state index in [-0.39, 0.29) is 6.23 Å². The predicted octanol–water partition coefficient (Wildman–Crippen LogP) is 6.60. The van der Waals surface area contributed by atoms with Crippen LogP contribution in [0.1, 0.15) is 111 Å². The van der Waals surface area contributed by atoms with Crippen molar-refractivity contribution in [1.82, 2.24) is 5.32 Å². The Bertz CT molecular complexity index is 405. The first-order valence-electron chi connectivity index (χ1n) is 11.8. The number of hydrogen-bond donors (Lipinski definition) is 2. The van der Waals surface area contributed by atoms with Crippen molar-refractivity contribution < 1.29 is 9.59 Å². The van der Waals surface area contributed by atoms with Crippen LogP contribution < -0.4 is 5.32 Å². The maximum Gasteiger partial charge on any atom is 0.193 e. The number of rotatable bonds is 17. The van der Waals surface area contributed by atoms with Gasteiger partial charge in [0.2, 0.25) is 0 Å². The number of aliphatic hydroxyl groups is 1. The van der Waals surface area contributed by atoms with Gasteiger partial charge in [-0.05, 0) is 26.2 Å². The van der Waals surface area contributed by atoms with E-state index < -0.39 is 0 Å². The zero-order chi connectivity index (χ0) is 19.8. The Kier molecular flexibility index (Phi) is 13.6. The van der Waals surface area contributed by atoms with Gasteiger partial charge in [-0.1, -0.05) is 83.3 Å². The minimum absolute atomic E-state index is 0.307. The molecule has 2 N–H and O–H groups in total. The summed E-state index contributed by atoms with van der Waals surface area (Å²) in [5.74, 6) is 0. The highest BCUT2D eigenvalue weighted by atomic mass is 16.3. The molecule has 0 aromatic carbocycles. The third kappa shape index (κ3) is 9.30. The van der Waals surface area contributed by atoms with E-state index >= 15 is 0 Å². The Balaban J connectivity index is 1.95. The molecule has 3 unspecified atom stereocenters. The number of quaternary nitrogens is 1. The predicted molar refractivity (Wildman–Crippen MR) is 118 cm³/mol. The smallest absolute Gasteiger partial charge is 0.193 e. The highest BCUT2D eigenvalue weighted by Gasteiger charge is 2.40. The number of nitrogens with one attached hydrogen (secondary N) is 1. The summed E-state index contributed by atoms with van der Waals surface area (Å²) in [7, 11) is 0. The Morgan fingerprint density at radius 1 is 0.889 bits per heavy atom. The first-order valence-corrected chi connectivity index (χ1v) is 11.8. The Hall–Kier alpha value is -0.800. The highest BCUT2D eigenvalue weighted by Crippen LogP contribution is 2.25. The Labute approximate surface area is 169 Å². The van der Waals surface area contributed by atoms with Crippen molar-refractivity contribution >= 4 is 0 Å². The van der Waals surface area contributed by atoms with E-state index in [2.05, 4.69) is 37.5 Å². The number of unbranched alkanes of at least 4 members (excludes halogenated alkanes) is 11. The van der Waals surface area contributed by atoms with Gasteiger partial charge in [0, 0.05) is 13.3 Å². The molecular formula is C24H47N2O+. The van der Waals surface area contributed by atoms with Crippen LogP contribution in [0.25, 0.3) is 0 Å². The van der Waals surface area contributed by atoms with Crippen LogP contribution in [-0.4, -0.2) is 28.5 Å². The van der Waals surface area contributed by atoms with Crippen LogP contribution in [0.3, 0.4) is 0 Å². The maximum atomic E-state index is 10.2. The molecule has 1 aliphatic heterocycles. The highest BCUT2D eigenvalue weighted by molar-refractivity contribution is 4.88. The van der Waals surface area contributed by atoms with Crippen LogP contribution >= 0.6 is 0 Å². The van der Waals surface area contributed by atoms with Crippen molar-refractivity contribution in [3.8, 4) is 0 Å². The van der Waals surface area contributed by atoms with Crippen molar-refractivity contribution in [3.05, 3.63) is 24.6 Å². The minimum atomic E-state index is -0.355. The molecule has 3 heteroatoms. The van der Waals surface area contributed by atoms with Gasteiger partial charge < -0.3 is 10.4 Å². The normalized spacial score (nSPS) is 23.2. The molecule has 27 heavy (non-hydrogen) atoms. The van der Waals surface area contributed by atoms with Crippen molar-refractivity contribution in [2.24, 2.45) is 0 Å². The second kappa shape index (κ2) is 15.2. The number of aliphatic hydroxyl groups excluding tert-OH is 1. The molecule has 0 saturated heterocycles. The fourth-order valence-electron chi connectivity index (χ4n) is 4.25. The van der Waals surface area contributed by atoms with Gasteiger partial charge >= 0.3 is 0 Å². The van der Waals surface area contributed by atoms with E-state index in [1.165, 1.54) is 77.0 Å². The molecule has 0 aromatic rings. The standard InChI is InChI=1S/C24H47N2O/c1-4-6-7-8-9-10-11-12-13-14-15-16-17-18-19-20-24-25-21-22-26(24,5-2)23(3)27/h17-18,21-25,27H,4-16,19-20H2,1-3H3/q+1/b18-17+. The van der Waals surface area contributed by atoms with Crippen molar-refractivity contribution in [1.29, 1.82) is 0 Å². The number of allylic oxidation sites excluding steroid dienone is 2. The lowest BCUT2D eigenvalue weighted by atomic mass is 10.1. The third-order valence-corrected chi connectivity index (χ3v) is 6.21. The van der Waals surface area contributed by atoms with Gasteiger partial charge in [-0.25, -0.2) is 0 Å². The van der Waals surface area contributed by atoms with Crippen LogP contribution in [0, 0.1) is 0 Å². The largest absolute Gasteiger partial charge is 0.345 e. The van der Waals surface area contributed by atoms with E-state index in [4.69, 9.17) is 0 Å². The zero-order valence-corrected chi connectivity index (χ0v) is 18.5. The molecule has 0 radical (unpaired) electrons. The average Bonchev–Trinajstić information content (AvgIpc) is 3.09. The van der Waals surface area contributed by atoms with Crippen LogP contribution in [0.2, 0.25) is 0 Å². The van der Waals surface area contributed by atoms with Gasteiger partial charge in [-0.3, -0.25) is 4.48 Å². The lowest BCUT2D eigenvalue weighted by Crippen LogP contribution is -2.57. The molecule has 0 saturated carbocycles. The van der Waals surface area contributed by atoms with E-state index in [0.29, 0.717) is 10.6 Å². The second-order valence-corrected chi connectivity index (χ2v) is 8.31. The topological polar surface area (TPSA) is 32.3 Å². The van der Waals surface area contributed by atoms with Crippen molar-refractivity contribution in [3.63, 3.8) is 0 Å². The summed E-state index contributed by atoms with van der Waals surface area (Å²) < 4.78 is 0.645. The molecule has 158 valence electrons. The van der Waals surface area contributed by atoms with Gasteiger partial charge in [0.25, 0.3) is 0 Å². The van der Waals surface area contributed by atoms with Crippen LogP contribution in [0.15, 0.2) is 24.6 Å². The molecule has 0 aliphatic carbocycles. The molecule has 1 aliphatic rings. The molecular weight excluding hydrogens is 332 g/mol. The van der Waals surface area contributed by atoms with E-state index in [9.17, 15) is 5.11 Å². The first kappa shape index (κ1) is 24.2. The van der Waals surface area contributed by atoms with E-state index in [1.807, 2.05) is 13.1 Å². The second-order valence-electron chi connectivity index (χ2n) is 8.31. The van der Waals surface area contributed by atoms with Crippen LogP contribution in [-0.2, 0) is 0 Å². The van der Waals surface area contributed by atoms with Crippen molar-refractivity contribution in [2.45, 2.75) is 123 Å². The lowest BCUT2D eigenvalue weighted by molar-refractivity contribution is -0.942. The van der Waals surface area contributed by atoms with Gasteiger partial charge in [0.15, 0.2) is 12.4 Å². The van der Waals surface area contributed by atoms with E-state index in [1.54, 1.807) is 0 Å². The summed E-state index contributed by atoms with van der Waals surface area (Å²) in [6, 6.07) is 0. The summed E-state index contributed by atoms with van der Waals surface area (Å²) >= 11 is 0. The van der Waals surface area contributed by atoms with Crippen molar-refractivity contribution in [2.75, 3.05) is 6.54 Å². The Morgan fingerprint density at radius 3 is 2.00 bits per heavy atom. The summed E-state index contributed by atoms with van der Waals surface area (Å²) in [6.07, 6.45) is 27.7. The quantitative estimate of drug-likeness (QED) is 0.169. The lowest BCUT2D eigenvalue weighted by Gasteiger charge is -2.39. The number of hydrogen-bond acceptors (Lipinski definition) is 2. The monoisotopic (exact) mass is 379 g/mol. The van der Waals surface area contributed by atoms with Gasteiger partial charge in [0.05, 0.1) is 12.7 Å². The third-order valence-electron chi connectivity index (χ3n) is 6.21. The summed E-state index contributed by atoms with van der Waals surface area (Å²) in [5.41, 5.74) is 0.